The summed E-state index contributed by atoms with van der Waals surface area (Å²) < 4.78 is 18.2. The van der Waals surface area contributed by atoms with Gasteiger partial charge in [0.15, 0.2) is 0 Å². The van der Waals surface area contributed by atoms with Gasteiger partial charge in [0.05, 0.1) is 11.3 Å². The maximum atomic E-state index is 9.15. The maximum absolute atomic E-state index is 9.15. The Hall–Kier alpha value is -4.53. The average Bonchev–Trinajstić information content (AvgIpc) is 3.62. The quantitative estimate of drug-likeness (QED) is 0.164. The number of hydrogen-bond acceptors (Lipinski definition) is 3. The number of pyridine rings is 2. The number of benzene rings is 4. The normalized spacial score (nSPS) is 15.0. The van der Waals surface area contributed by atoms with Crippen LogP contribution in [0.1, 0.15) is 44.9 Å². The van der Waals surface area contributed by atoms with E-state index in [9.17, 15) is 0 Å². The van der Waals surface area contributed by atoms with Crippen LogP contribution in [0.15, 0.2) is 109 Å². The molecule has 0 atom stereocenters. The third kappa shape index (κ3) is 4.71. The van der Waals surface area contributed by atoms with E-state index < -0.39 is 5.89 Å². The van der Waals surface area contributed by atoms with Crippen LogP contribution < -0.4 is 4.74 Å². The zero-order valence-corrected chi connectivity index (χ0v) is 26.8. The first-order valence-electron chi connectivity index (χ1n) is 15.9. The molecule has 1 aliphatic rings. The Kier molecular flexibility index (Phi) is 6.82. The molecule has 4 nitrogen and oxygen atoms in total. The summed E-state index contributed by atoms with van der Waals surface area (Å²) in [5.41, 5.74) is 7.65. The molecule has 0 unspecified atom stereocenters. The van der Waals surface area contributed by atoms with E-state index in [4.69, 9.17) is 6.11 Å². The molecule has 8 aromatic rings. The van der Waals surface area contributed by atoms with Crippen molar-refractivity contribution in [2.75, 3.05) is 0 Å². The van der Waals surface area contributed by atoms with Gasteiger partial charge < -0.3 is 19.1 Å². The van der Waals surface area contributed by atoms with E-state index in [-0.39, 0.29) is 21.1 Å². The summed E-state index contributed by atoms with van der Waals surface area (Å²) in [5, 5.41) is 4.69. The molecule has 0 bridgehead atoms. The van der Waals surface area contributed by atoms with Gasteiger partial charge in [-0.2, -0.15) is 0 Å². The summed E-state index contributed by atoms with van der Waals surface area (Å²) >= 11 is 0. The van der Waals surface area contributed by atoms with E-state index in [2.05, 4.69) is 81.1 Å². The van der Waals surface area contributed by atoms with Gasteiger partial charge in [-0.15, -0.1) is 35.4 Å². The molecule has 4 heterocycles. The van der Waals surface area contributed by atoms with Crippen molar-refractivity contribution in [2.24, 2.45) is 0 Å². The predicted molar refractivity (Wildman–Crippen MR) is 178 cm³/mol. The number of rotatable bonds is 5. The molecule has 5 heteroatoms. The molecule has 4 aromatic heterocycles. The smallest absolute Gasteiger partial charge is 0.494 e. The Bertz CT molecular complexity index is 2360. The number of hydrogen-bond donors (Lipinski definition) is 0. The minimum atomic E-state index is -0.550. The van der Waals surface area contributed by atoms with Gasteiger partial charge in [0.2, 0.25) is 0 Å². The second-order valence-electron chi connectivity index (χ2n) is 11.7. The molecular weight excluding hydrogens is 734 g/mol. The molecule has 4 aromatic carbocycles. The van der Waals surface area contributed by atoms with Gasteiger partial charge in [-0.25, -0.2) is 0 Å². The van der Waals surface area contributed by atoms with Crippen molar-refractivity contribution >= 4 is 38.1 Å². The molecule has 0 aliphatic heterocycles. The van der Waals surface area contributed by atoms with Crippen molar-refractivity contribution in [2.45, 2.75) is 38.0 Å². The van der Waals surface area contributed by atoms with Crippen LogP contribution in [0.25, 0.3) is 60.6 Å². The topological polar surface area (TPSA) is 39.4 Å². The predicted octanol–water partition coefficient (Wildman–Crippen LogP) is 10.4. The Balaban J connectivity index is 0.00000312. The Morgan fingerprint density at radius 3 is 2.31 bits per heavy atom. The summed E-state index contributed by atoms with van der Waals surface area (Å²) in [7, 11) is 0. The Labute approximate surface area is 277 Å². The van der Waals surface area contributed by atoms with Crippen molar-refractivity contribution in [3.05, 3.63) is 127 Å². The molecule has 0 saturated heterocycles. The minimum absolute atomic E-state index is 0. The third-order valence-electron chi connectivity index (χ3n) is 9.04. The molecule has 9 rings (SSSR count). The summed E-state index contributed by atoms with van der Waals surface area (Å²) in [6, 6.07) is 40.2. The van der Waals surface area contributed by atoms with Crippen molar-refractivity contribution < 1.29 is 27.2 Å². The largest absolute Gasteiger partial charge is 2.00 e. The summed E-state index contributed by atoms with van der Waals surface area (Å²) in [6.45, 7) is 0. The molecule has 0 radical (unpaired) electrons. The first-order valence-corrected chi connectivity index (χ1v) is 15.4. The average molecular weight is 764 g/mol. The van der Waals surface area contributed by atoms with Gasteiger partial charge in [0.1, 0.15) is 0 Å². The first-order chi connectivity index (χ1) is 22.2. The van der Waals surface area contributed by atoms with E-state index in [1.54, 1.807) is 6.20 Å². The number of aromatic nitrogens is 3. The van der Waals surface area contributed by atoms with Crippen LogP contribution in [0.4, 0.5) is 0 Å². The SMILES string of the molecule is [2H]C1(c2ccnc(-c3[c-]c(Oc4[c-]c(-c5ccccn5)cc5c6cccc7c8ccccc8n(c45)c76)ccc3)c2)CCCCC1.[Pt+2]. The van der Waals surface area contributed by atoms with Gasteiger partial charge in [-0.1, -0.05) is 96.9 Å². The standard InChI is InChI=1S/C40H29N3O.Pt/c1-2-10-26(11-3-1)27-19-21-42-36(24-27)28-12-8-13-30(22-28)44-38-25-29(35-17-6-7-20-41-35)23-34-33-16-9-15-32-31-14-4-5-18-37(31)43(39(32)33)40(34)38;/h4-9,12-21,23-24,26H,1-3,10-11H2;/q-2;+2/i26D;. The number of fused-ring (bicyclic) bond motifs is 6. The zero-order valence-electron chi connectivity index (χ0n) is 25.5. The molecule has 45 heavy (non-hydrogen) atoms. The second-order valence-corrected chi connectivity index (χ2v) is 11.7. The molecule has 1 saturated carbocycles. The van der Waals surface area contributed by atoms with Crippen molar-refractivity contribution in [1.29, 1.82) is 0 Å². The van der Waals surface area contributed by atoms with E-state index in [0.29, 0.717) is 11.5 Å². The van der Waals surface area contributed by atoms with Crippen LogP contribution in [0, 0.1) is 12.1 Å². The second kappa shape index (κ2) is 11.4. The zero-order chi connectivity index (χ0) is 30.0. The van der Waals surface area contributed by atoms with Crippen LogP contribution in [0.3, 0.4) is 0 Å². The van der Waals surface area contributed by atoms with Crippen LogP contribution in [0.5, 0.6) is 11.5 Å². The fraction of sp³-hybridized carbons (Fsp3) is 0.150. The molecule has 1 fully saturated rings. The Morgan fingerprint density at radius 2 is 1.44 bits per heavy atom. The van der Waals surface area contributed by atoms with Gasteiger partial charge in [-0.05, 0) is 53.7 Å². The number of para-hydroxylation sites is 2. The fourth-order valence-corrected chi connectivity index (χ4v) is 7.01. The minimum Gasteiger partial charge on any atom is -0.494 e. The van der Waals surface area contributed by atoms with Crippen molar-refractivity contribution in [1.82, 2.24) is 14.4 Å². The fourth-order valence-electron chi connectivity index (χ4n) is 7.01. The molecule has 0 spiro atoms. The van der Waals surface area contributed by atoms with Gasteiger partial charge in [0, 0.05) is 41.3 Å². The molecular formula is C40H29N3OPt. The number of nitrogens with zero attached hydrogens (tertiary/aromatic N) is 3. The van der Waals surface area contributed by atoms with Crippen molar-refractivity contribution in [3.8, 4) is 34.0 Å². The third-order valence-corrected chi connectivity index (χ3v) is 9.04. The van der Waals surface area contributed by atoms with Crippen LogP contribution in [-0.4, -0.2) is 14.4 Å². The molecule has 0 amide bonds. The van der Waals surface area contributed by atoms with Gasteiger partial charge in [-0.3, -0.25) is 0 Å². The van der Waals surface area contributed by atoms with Crippen LogP contribution in [-0.2, 0) is 21.1 Å². The maximum Gasteiger partial charge on any atom is 2.00 e. The summed E-state index contributed by atoms with van der Waals surface area (Å²) in [6.07, 6.45) is 8.82. The van der Waals surface area contributed by atoms with E-state index in [0.717, 1.165) is 70.2 Å². The molecule has 0 N–H and O–H groups in total. The summed E-state index contributed by atoms with van der Waals surface area (Å²) in [4.78, 5) is 9.32. The van der Waals surface area contributed by atoms with E-state index >= 15 is 0 Å². The van der Waals surface area contributed by atoms with E-state index in [1.165, 1.54) is 28.1 Å². The first kappa shape index (κ1) is 26.8. The van der Waals surface area contributed by atoms with Crippen LogP contribution in [0.2, 0.25) is 0 Å². The van der Waals surface area contributed by atoms with Crippen LogP contribution >= 0.6 is 0 Å². The molecule has 1 aliphatic carbocycles. The summed E-state index contributed by atoms with van der Waals surface area (Å²) in [5.74, 6) is 0.651. The van der Waals surface area contributed by atoms with Gasteiger partial charge >= 0.3 is 21.1 Å². The Morgan fingerprint density at radius 1 is 0.667 bits per heavy atom. The van der Waals surface area contributed by atoms with Gasteiger partial charge in [0.25, 0.3) is 0 Å². The monoisotopic (exact) mass is 763 g/mol. The van der Waals surface area contributed by atoms with E-state index in [1.807, 2.05) is 48.7 Å². The van der Waals surface area contributed by atoms with Crippen molar-refractivity contribution in [3.63, 3.8) is 0 Å². The number of ether oxygens (including phenoxy) is 1. The molecule has 220 valence electrons.